The van der Waals surface area contributed by atoms with Crippen LogP contribution >= 0.6 is 11.6 Å². The van der Waals surface area contributed by atoms with Crippen LogP contribution in [-0.4, -0.2) is 17.9 Å². The molecule has 1 atom stereocenters. The Labute approximate surface area is 144 Å². The summed E-state index contributed by atoms with van der Waals surface area (Å²) in [5, 5.41) is 8.30. The van der Waals surface area contributed by atoms with Crippen molar-refractivity contribution in [1.29, 1.82) is 0 Å². The molecule has 7 heteroatoms. The fourth-order valence-corrected chi connectivity index (χ4v) is 2.11. The van der Waals surface area contributed by atoms with Crippen molar-refractivity contribution in [2.24, 2.45) is 0 Å². The van der Waals surface area contributed by atoms with Crippen LogP contribution in [0.3, 0.4) is 0 Å². The molecule has 2 aromatic carbocycles. The lowest BCUT2D eigenvalue weighted by molar-refractivity contribution is -0.116. The van der Waals surface area contributed by atoms with Crippen LogP contribution < -0.4 is 16.0 Å². The van der Waals surface area contributed by atoms with Gasteiger partial charge in [0.2, 0.25) is 11.8 Å². The quantitative estimate of drug-likeness (QED) is 0.767. The average molecular weight is 350 g/mol. The number of carbonyl (C=O) groups is 2. The highest BCUT2D eigenvalue weighted by Gasteiger charge is 2.13. The van der Waals surface area contributed by atoms with Gasteiger partial charge in [-0.2, -0.15) is 0 Å². The number of amides is 2. The molecule has 2 amide bonds. The molecule has 0 saturated heterocycles. The molecular formula is C17H17ClFN3O2. The van der Waals surface area contributed by atoms with Crippen molar-refractivity contribution in [3.63, 3.8) is 0 Å². The lowest BCUT2D eigenvalue weighted by Crippen LogP contribution is -2.31. The third-order valence-corrected chi connectivity index (χ3v) is 3.48. The minimum Gasteiger partial charge on any atom is -0.374 e. The molecule has 0 heterocycles. The summed E-state index contributed by atoms with van der Waals surface area (Å²) in [6, 6.07) is 10.4. The second kappa shape index (κ2) is 7.79. The molecule has 2 rings (SSSR count). The third kappa shape index (κ3) is 4.96. The van der Waals surface area contributed by atoms with Gasteiger partial charge in [0.25, 0.3) is 0 Å². The van der Waals surface area contributed by atoms with Gasteiger partial charge in [-0.1, -0.05) is 11.6 Å². The van der Waals surface area contributed by atoms with Crippen LogP contribution in [0.4, 0.5) is 21.5 Å². The molecule has 0 aromatic heterocycles. The topological polar surface area (TPSA) is 70.2 Å². The summed E-state index contributed by atoms with van der Waals surface area (Å²) in [6.45, 7) is 3.08. The van der Waals surface area contributed by atoms with Crippen molar-refractivity contribution >= 4 is 40.5 Å². The Balaban J connectivity index is 1.95. The molecule has 1 unspecified atom stereocenters. The summed E-state index contributed by atoms with van der Waals surface area (Å²) >= 11 is 5.62. The predicted molar refractivity (Wildman–Crippen MR) is 93.9 cm³/mol. The molecule has 3 N–H and O–H groups in total. The molecule has 0 spiro atoms. The minimum atomic E-state index is -0.583. The summed E-state index contributed by atoms with van der Waals surface area (Å²) in [6.07, 6.45) is 0. The van der Waals surface area contributed by atoms with E-state index < -0.39 is 11.9 Å². The number of hydrogen-bond acceptors (Lipinski definition) is 3. The first-order valence-electron chi connectivity index (χ1n) is 7.25. The van der Waals surface area contributed by atoms with Gasteiger partial charge < -0.3 is 16.0 Å². The van der Waals surface area contributed by atoms with Gasteiger partial charge in [0.15, 0.2) is 0 Å². The first kappa shape index (κ1) is 17.7. The van der Waals surface area contributed by atoms with Gasteiger partial charge in [-0.15, -0.1) is 0 Å². The summed E-state index contributed by atoms with van der Waals surface area (Å²) in [7, 11) is 0. The van der Waals surface area contributed by atoms with Gasteiger partial charge in [0, 0.05) is 24.0 Å². The van der Waals surface area contributed by atoms with Crippen molar-refractivity contribution in [2.45, 2.75) is 19.9 Å². The summed E-state index contributed by atoms with van der Waals surface area (Å²) < 4.78 is 13.4. The highest BCUT2D eigenvalue weighted by Crippen LogP contribution is 2.19. The molecule has 0 aliphatic rings. The molecular weight excluding hydrogens is 333 g/mol. The molecule has 0 saturated carbocycles. The molecule has 5 nitrogen and oxygen atoms in total. The highest BCUT2D eigenvalue weighted by molar-refractivity contribution is 6.30. The molecule has 24 heavy (non-hydrogen) atoms. The van der Waals surface area contributed by atoms with Crippen LogP contribution in [0.2, 0.25) is 5.02 Å². The largest absolute Gasteiger partial charge is 0.374 e. The monoisotopic (exact) mass is 349 g/mol. The zero-order chi connectivity index (χ0) is 17.7. The molecule has 2 aromatic rings. The Morgan fingerprint density at radius 3 is 2.08 bits per heavy atom. The molecule has 0 fully saturated rings. The van der Waals surface area contributed by atoms with E-state index >= 15 is 0 Å². The smallest absolute Gasteiger partial charge is 0.246 e. The minimum absolute atomic E-state index is 0.0249. The maximum Gasteiger partial charge on any atom is 0.246 e. The van der Waals surface area contributed by atoms with Crippen molar-refractivity contribution in [3.8, 4) is 0 Å². The van der Waals surface area contributed by atoms with E-state index in [4.69, 9.17) is 11.6 Å². The summed E-state index contributed by atoms with van der Waals surface area (Å²) in [5.74, 6) is -1.000. The number of hydrogen-bond donors (Lipinski definition) is 3. The summed E-state index contributed by atoms with van der Waals surface area (Å²) in [4.78, 5) is 23.1. The number of nitrogens with one attached hydrogen (secondary N) is 3. The van der Waals surface area contributed by atoms with E-state index in [2.05, 4.69) is 16.0 Å². The molecule has 0 aliphatic carbocycles. The van der Waals surface area contributed by atoms with Crippen LogP contribution in [0.15, 0.2) is 42.5 Å². The van der Waals surface area contributed by atoms with Gasteiger partial charge in [-0.3, -0.25) is 9.59 Å². The Morgan fingerprint density at radius 2 is 1.54 bits per heavy atom. The van der Waals surface area contributed by atoms with Crippen molar-refractivity contribution in [3.05, 3.63) is 53.3 Å². The number of anilines is 3. The SMILES string of the molecule is CC(=O)Nc1ccc(NC(=O)C(C)Nc2ccc(Cl)c(F)c2)cc1. The molecule has 126 valence electrons. The highest BCUT2D eigenvalue weighted by atomic mass is 35.5. The van der Waals surface area contributed by atoms with Gasteiger partial charge in [0.1, 0.15) is 11.9 Å². The zero-order valence-electron chi connectivity index (χ0n) is 13.2. The number of halogens is 2. The Bertz CT molecular complexity index is 750. The van der Waals surface area contributed by atoms with E-state index in [1.807, 2.05) is 0 Å². The average Bonchev–Trinajstić information content (AvgIpc) is 2.52. The van der Waals surface area contributed by atoms with Crippen LogP contribution in [-0.2, 0) is 9.59 Å². The van der Waals surface area contributed by atoms with Gasteiger partial charge >= 0.3 is 0 Å². The normalized spacial score (nSPS) is 11.5. The van der Waals surface area contributed by atoms with Gasteiger partial charge in [-0.05, 0) is 49.4 Å². The van der Waals surface area contributed by atoms with E-state index in [9.17, 15) is 14.0 Å². The van der Waals surface area contributed by atoms with E-state index in [0.29, 0.717) is 17.1 Å². The van der Waals surface area contributed by atoms with Crippen molar-refractivity contribution in [2.75, 3.05) is 16.0 Å². The second-order valence-electron chi connectivity index (χ2n) is 5.24. The predicted octanol–water partition coefficient (Wildman–Crippen LogP) is 3.88. The van der Waals surface area contributed by atoms with E-state index in [1.54, 1.807) is 37.3 Å². The first-order chi connectivity index (χ1) is 11.3. The van der Waals surface area contributed by atoms with Crippen LogP contribution in [0, 0.1) is 5.82 Å². The lowest BCUT2D eigenvalue weighted by atomic mass is 10.2. The maximum absolute atomic E-state index is 13.4. The Kier molecular flexibility index (Phi) is 5.76. The maximum atomic E-state index is 13.4. The standard InChI is InChI=1S/C17H17ClFN3O2/c1-10(20-14-7-8-15(18)16(19)9-14)17(24)22-13-5-3-12(4-6-13)21-11(2)23/h3-10,20H,1-2H3,(H,21,23)(H,22,24). The molecule has 0 aliphatic heterocycles. The van der Waals surface area contributed by atoms with Crippen LogP contribution in [0.1, 0.15) is 13.8 Å². The fraction of sp³-hybridized carbons (Fsp3) is 0.176. The van der Waals surface area contributed by atoms with Crippen molar-refractivity contribution in [1.82, 2.24) is 0 Å². The van der Waals surface area contributed by atoms with E-state index in [0.717, 1.165) is 0 Å². The summed E-state index contributed by atoms with van der Waals surface area (Å²) in [5.41, 5.74) is 1.69. The fourth-order valence-electron chi connectivity index (χ4n) is 1.99. The lowest BCUT2D eigenvalue weighted by Gasteiger charge is -2.16. The van der Waals surface area contributed by atoms with Crippen molar-refractivity contribution < 1.29 is 14.0 Å². The first-order valence-corrected chi connectivity index (χ1v) is 7.63. The third-order valence-electron chi connectivity index (χ3n) is 3.17. The molecule has 0 radical (unpaired) electrons. The Morgan fingerprint density at radius 1 is 1.00 bits per heavy atom. The number of benzene rings is 2. The molecule has 0 bridgehead atoms. The second-order valence-corrected chi connectivity index (χ2v) is 5.65. The van der Waals surface area contributed by atoms with Gasteiger partial charge in [0.05, 0.1) is 5.02 Å². The number of carbonyl (C=O) groups excluding carboxylic acids is 2. The van der Waals surface area contributed by atoms with E-state index in [1.165, 1.54) is 19.1 Å². The Hall–Kier alpha value is -2.60. The van der Waals surface area contributed by atoms with Crippen LogP contribution in [0.5, 0.6) is 0 Å². The number of rotatable bonds is 5. The zero-order valence-corrected chi connectivity index (χ0v) is 13.9. The van der Waals surface area contributed by atoms with E-state index in [-0.39, 0.29) is 16.8 Å². The van der Waals surface area contributed by atoms with Crippen LogP contribution in [0.25, 0.3) is 0 Å². The van der Waals surface area contributed by atoms with Gasteiger partial charge in [-0.25, -0.2) is 4.39 Å².